The highest BCUT2D eigenvalue weighted by molar-refractivity contribution is 5.94. The van der Waals surface area contributed by atoms with Crippen LogP contribution in [0.1, 0.15) is 33.6 Å². The van der Waals surface area contributed by atoms with Crippen LogP contribution in [0.4, 0.5) is 0 Å². The fraction of sp³-hybridized carbons (Fsp3) is 0.667. The van der Waals surface area contributed by atoms with Crippen molar-refractivity contribution in [2.75, 3.05) is 19.7 Å². The van der Waals surface area contributed by atoms with Crippen LogP contribution in [0.15, 0.2) is 12.2 Å². The third kappa shape index (κ3) is 6.22. The molecule has 0 aliphatic carbocycles. The molecule has 0 atom stereocenters. The lowest BCUT2D eigenvalue weighted by molar-refractivity contribution is -0.137. The normalized spacial score (nSPS) is 10.4. The first kappa shape index (κ1) is 14.7. The van der Waals surface area contributed by atoms with Crippen LogP contribution in [0.25, 0.3) is 0 Å². The monoisotopic (exact) mass is 227 g/mol. The minimum Gasteiger partial charge on any atom is -0.463 e. The highest BCUT2D eigenvalue weighted by Crippen LogP contribution is 1.96. The van der Waals surface area contributed by atoms with Gasteiger partial charge >= 0.3 is 5.97 Å². The number of hydrogen-bond donors (Lipinski definition) is 0. The van der Waals surface area contributed by atoms with Gasteiger partial charge in [0.2, 0.25) is 5.91 Å². The summed E-state index contributed by atoms with van der Waals surface area (Å²) in [4.78, 5) is 24.4. The lowest BCUT2D eigenvalue weighted by atomic mass is 10.3. The number of esters is 1. The number of ether oxygens (including phenoxy) is 1. The maximum atomic E-state index is 11.7. The molecule has 4 nitrogen and oxygen atoms in total. The molecule has 0 aromatic carbocycles. The molecule has 0 saturated carbocycles. The maximum Gasteiger partial charge on any atom is 0.330 e. The van der Waals surface area contributed by atoms with Gasteiger partial charge in [0.15, 0.2) is 0 Å². The largest absolute Gasteiger partial charge is 0.463 e. The Labute approximate surface area is 97.3 Å². The summed E-state index contributed by atoms with van der Waals surface area (Å²) < 4.78 is 4.70. The van der Waals surface area contributed by atoms with E-state index in [4.69, 9.17) is 4.74 Å². The molecule has 0 bridgehead atoms. The number of hydrogen-bond acceptors (Lipinski definition) is 3. The van der Waals surface area contributed by atoms with Crippen molar-refractivity contribution in [1.29, 1.82) is 0 Å². The molecule has 0 spiro atoms. The summed E-state index contributed by atoms with van der Waals surface area (Å²) in [5.74, 6) is -0.597. The second-order valence-electron chi connectivity index (χ2n) is 3.41. The molecule has 4 heteroatoms. The number of rotatable bonds is 7. The number of carbonyl (C=O) groups excluding carboxylic acids is 2. The minimum atomic E-state index is -0.469. The molecule has 0 fully saturated rings. The van der Waals surface area contributed by atoms with Gasteiger partial charge in [0, 0.05) is 25.2 Å². The lowest BCUT2D eigenvalue weighted by Crippen LogP contribution is -2.31. The molecular weight excluding hydrogens is 206 g/mol. The van der Waals surface area contributed by atoms with Gasteiger partial charge in [0.25, 0.3) is 0 Å². The third-order valence-corrected chi connectivity index (χ3v) is 1.95. The van der Waals surface area contributed by atoms with E-state index in [1.165, 1.54) is 12.2 Å². The Hall–Kier alpha value is -1.32. The first-order chi connectivity index (χ1) is 7.65. The standard InChI is InChI=1S/C12H21NO3/c1-4-9-13(10-5-2)11(14)7-8-12(15)16-6-3/h7-8H,4-6,9-10H2,1-3H3/b8-7-. The molecule has 0 unspecified atom stereocenters. The fourth-order valence-corrected chi connectivity index (χ4v) is 1.31. The van der Waals surface area contributed by atoms with Gasteiger partial charge < -0.3 is 9.64 Å². The number of amides is 1. The Balaban J connectivity index is 4.22. The summed E-state index contributed by atoms with van der Waals surface area (Å²) in [6.45, 7) is 7.54. The average Bonchev–Trinajstić information content (AvgIpc) is 2.26. The molecule has 0 aliphatic rings. The predicted octanol–water partition coefficient (Wildman–Crippen LogP) is 1.75. The Kier molecular flexibility index (Phi) is 8.21. The van der Waals surface area contributed by atoms with E-state index in [2.05, 4.69) is 0 Å². The molecule has 0 radical (unpaired) electrons. The van der Waals surface area contributed by atoms with Crippen LogP contribution < -0.4 is 0 Å². The molecule has 0 aliphatic heterocycles. The van der Waals surface area contributed by atoms with Gasteiger partial charge in [-0.15, -0.1) is 0 Å². The summed E-state index contributed by atoms with van der Waals surface area (Å²) >= 11 is 0. The summed E-state index contributed by atoms with van der Waals surface area (Å²) in [5, 5.41) is 0. The van der Waals surface area contributed by atoms with E-state index in [0.717, 1.165) is 25.9 Å². The van der Waals surface area contributed by atoms with Gasteiger partial charge in [-0.05, 0) is 19.8 Å². The van der Waals surface area contributed by atoms with Gasteiger partial charge in [-0.1, -0.05) is 13.8 Å². The molecule has 0 rings (SSSR count). The molecule has 16 heavy (non-hydrogen) atoms. The quantitative estimate of drug-likeness (QED) is 0.492. The van der Waals surface area contributed by atoms with Crippen LogP contribution in [0.5, 0.6) is 0 Å². The van der Waals surface area contributed by atoms with E-state index in [0.29, 0.717) is 6.61 Å². The fourth-order valence-electron chi connectivity index (χ4n) is 1.31. The summed E-state index contributed by atoms with van der Waals surface area (Å²) in [6, 6.07) is 0. The SMILES string of the molecule is CCCN(CCC)C(=O)/C=C\C(=O)OCC. The first-order valence-electron chi connectivity index (χ1n) is 5.79. The zero-order valence-corrected chi connectivity index (χ0v) is 10.4. The van der Waals surface area contributed by atoms with Crippen LogP contribution in [-0.4, -0.2) is 36.5 Å². The van der Waals surface area contributed by atoms with Crippen molar-refractivity contribution < 1.29 is 14.3 Å². The van der Waals surface area contributed by atoms with Crippen LogP contribution >= 0.6 is 0 Å². The van der Waals surface area contributed by atoms with Gasteiger partial charge in [-0.2, -0.15) is 0 Å². The van der Waals surface area contributed by atoms with E-state index < -0.39 is 5.97 Å². The molecule has 1 amide bonds. The first-order valence-corrected chi connectivity index (χ1v) is 5.79. The second-order valence-corrected chi connectivity index (χ2v) is 3.41. The predicted molar refractivity (Wildman–Crippen MR) is 62.9 cm³/mol. The number of carbonyl (C=O) groups is 2. The van der Waals surface area contributed by atoms with Crippen LogP contribution in [0.3, 0.4) is 0 Å². The molecule has 0 saturated heterocycles. The maximum absolute atomic E-state index is 11.7. The van der Waals surface area contributed by atoms with E-state index in [1.807, 2.05) is 13.8 Å². The molecule has 0 N–H and O–H groups in total. The molecule has 0 aromatic rings. The lowest BCUT2D eigenvalue weighted by Gasteiger charge is -2.19. The zero-order valence-electron chi connectivity index (χ0n) is 10.4. The smallest absolute Gasteiger partial charge is 0.330 e. The van der Waals surface area contributed by atoms with Crippen molar-refractivity contribution in [3.63, 3.8) is 0 Å². The second kappa shape index (κ2) is 8.95. The van der Waals surface area contributed by atoms with Gasteiger partial charge in [-0.25, -0.2) is 4.79 Å². The highest BCUT2D eigenvalue weighted by Gasteiger charge is 2.08. The topological polar surface area (TPSA) is 46.6 Å². The van der Waals surface area contributed by atoms with E-state index in [-0.39, 0.29) is 5.91 Å². The Bertz CT molecular complexity index is 243. The van der Waals surface area contributed by atoms with Crippen LogP contribution in [-0.2, 0) is 14.3 Å². The van der Waals surface area contributed by atoms with Crippen LogP contribution in [0, 0.1) is 0 Å². The summed E-state index contributed by atoms with van der Waals surface area (Å²) in [6.07, 6.45) is 4.30. The molecule has 0 aromatic heterocycles. The summed E-state index contributed by atoms with van der Waals surface area (Å²) in [5.41, 5.74) is 0. The number of nitrogens with zero attached hydrogens (tertiary/aromatic N) is 1. The van der Waals surface area contributed by atoms with Gasteiger partial charge in [0.05, 0.1) is 6.61 Å². The van der Waals surface area contributed by atoms with Crippen molar-refractivity contribution in [1.82, 2.24) is 4.90 Å². The van der Waals surface area contributed by atoms with Crippen molar-refractivity contribution in [2.24, 2.45) is 0 Å². The highest BCUT2D eigenvalue weighted by atomic mass is 16.5. The van der Waals surface area contributed by atoms with Gasteiger partial charge in [0.1, 0.15) is 0 Å². The van der Waals surface area contributed by atoms with E-state index in [9.17, 15) is 9.59 Å². The van der Waals surface area contributed by atoms with E-state index in [1.54, 1.807) is 11.8 Å². The Morgan fingerprint density at radius 2 is 1.62 bits per heavy atom. The average molecular weight is 227 g/mol. The van der Waals surface area contributed by atoms with E-state index >= 15 is 0 Å². The van der Waals surface area contributed by atoms with Gasteiger partial charge in [-0.3, -0.25) is 4.79 Å². The van der Waals surface area contributed by atoms with Crippen molar-refractivity contribution >= 4 is 11.9 Å². The van der Waals surface area contributed by atoms with Crippen LogP contribution in [0.2, 0.25) is 0 Å². The molecule has 92 valence electrons. The summed E-state index contributed by atoms with van der Waals surface area (Å²) in [7, 11) is 0. The third-order valence-electron chi connectivity index (χ3n) is 1.95. The Morgan fingerprint density at radius 3 is 2.06 bits per heavy atom. The minimum absolute atomic E-state index is 0.128. The molecule has 0 heterocycles. The Morgan fingerprint density at radius 1 is 1.06 bits per heavy atom. The molecular formula is C12H21NO3. The van der Waals surface area contributed by atoms with Crippen molar-refractivity contribution in [3.8, 4) is 0 Å². The van der Waals surface area contributed by atoms with Crippen molar-refractivity contribution in [2.45, 2.75) is 33.6 Å². The van der Waals surface area contributed by atoms with Crippen molar-refractivity contribution in [3.05, 3.63) is 12.2 Å². The zero-order chi connectivity index (χ0) is 12.4.